The number of ether oxygens (including phenoxy) is 1. The number of piperidine rings is 1. The van der Waals surface area contributed by atoms with E-state index >= 15 is 0 Å². The van der Waals surface area contributed by atoms with Gasteiger partial charge < -0.3 is 20.1 Å². The Balaban J connectivity index is 2.06. The van der Waals surface area contributed by atoms with Crippen LogP contribution in [-0.2, 0) is 0 Å². The van der Waals surface area contributed by atoms with Crippen molar-refractivity contribution in [3.8, 4) is 11.5 Å². The highest BCUT2D eigenvalue weighted by Gasteiger charge is 2.21. The quantitative estimate of drug-likeness (QED) is 0.869. The molecule has 1 aliphatic rings. The number of phenolic OH excluding ortho intramolecular Hbond substituents is 1. The average Bonchev–Trinajstić information content (AvgIpc) is 2.53. The van der Waals surface area contributed by atoms with E-state index in [9.17, 15) is 9.90 Å². The highest BCUT2D eigenvalue weighted by Crippen LogP contribution is 2.27. The van der Waals surface area contributed by atoms with Gasteiger partial charge in [-0.3, -0.25) is 4.79 Å². The molecular weight excluding hydrogens is 268 g/mol. The molecule has 2 N–H and O–H groups in total. The lowest BCUT2D eigenvalue weighted by molar-refractivity contribution is 0.0728. The first-order chi connectivity index (χ1) is 10.2. The van der Waals surface area contributed by atoms with Crippen molar-refractivity contribution in [1.29, 1.82) is 0 Å². The summed E-state index contributed by atoms with van der Waals surface area (Å²) in [6.07, 6.45) is 2.32. The van der Waals surface area contributed by atoms with Crippen LogP contribution in [0.2, 0.25) is 0 Å². The normalized spacial score (nSPS) is 18.3. The second-order valence-corrected chi connectivity index (χ2v) is 5.44. The molecule has 2 rings (SSSR count). The molecule has 0 saturated carbocycles. The van der Waals surface area contributed by atoms with E-state index in [4.69, 9.17) is 4.74 Å². The standard InChI is InChI=1S/C16H24N2O3/c1-3-18(11-12-5-4-8-17-10-12)16(20)13-6-7-15(21-2)14(19)9-13/h6-7,9,12,17,19H,3-5,8,10-11H2,1-2H3. The predicted octanol–water partition coefficient (Wildman–Crippen LogP) is 1.86. The Labute approximate surface area is 125 Å². The zero-order valence-electron chi connectivity index (χ0n) is 12.8. The number of rotatable bonds is 5. The summed E-state index contributed by atoms with van der Waals surface area (Å²) in [5.41, 5.74) is 0.499. The molecule has 0 aliphatic carbocycles. The van der Waals surface area contributed by atoms with E-state index in [0.29, 0.717) is 23.8 Å². The van der Waals surface area contributed by atoms with Gasteiger partial charge in [-0.2, -0.15) is 0 Å². The maximum absolute atomic E-state index is 12.6. The van der Waals surface area contributed by atoms with Crippen LogP contribution in [0.1, 0.15) is 30.1 Å². The van der Waals surface area contributed by atoms with Crippen LogP contribution in [-0.4, -0.2) is 49.2 Å². The third-order valence-corrected chi connectivity index (χ3v) is 3.97. The number of hydrogen-bond donors (Lipinski definition) is 2. The maximum atomic E-state index is 12.6. The van der Waals surface area contributed by atoms with Crippen molar-refractivity contribution in [2.45, 2.75) is 19.8 Å². The summed E-state index contributed by atoms with van der Waals surface area (Å²) < 4.78 is 5.00. The molecule has 1 unspecified atom stereocenters. The fraction of sp³-hybridized carbons (Fsp3) is 0.562. The van der Waals surface area contributed by atoms with Crippen LogP contribution >= 0.6 is 0 Å². The van der Waals surface area contributed by atoms with E-state index in [1.54, 1.807) is 12.1 Å². The Hall–Kier alpha value is -1.75. The van der Waals surface area contributed by atoms with Gasteiger partial charge in [0.1, 0.15) is 0 Å². The van der Waals surface area contributed by atoms with Gasteiger partial charge in [0, 0.05) is 18.7 Å². The lowest BCUT2D eigenvalue weighted by Gasteiger charge is -2.29. The molecule has 5 heteroatoms. The first-order valence-corrected chi connectivity index (χ1v) is 7.52. The van der Waals surface area contributed by atoms with Crippen molar-refractivity contribution in [1.82, 2.24) is 10.2 Å². The lowest BCUT2D eigenvalue weighted by Crippen LogP contribution is -2.41. The minimum Gasteiger partial charge on any atom is -0.504 e. The van der Waals surface area contributed by atoms with E-state index in [1.165, 1.54) is 19.6 Å². The van der Waals surface area contributed by atoms with Crippen LogP contribution in [0.4, 0.5) is 0 Å². The minimum atomic E-state index is -0.0407. The van der Waals surface area contributed by atoms with E-state index in [2.05, 4.69) is 5.32 Å². The number of methoxy groups -OCH3 is 1. The van der Waals surface area contributed by atoms with Crippen LogP contribution in [0.25, 0.3) is 0 Å². The van der Waals surface area contributed by atoms with E-state index in [-0.39, 0.29) is 11.7 Å². The fourth-order valence-corrected chi connectivity index (χ4v) is 2.75. The zero-order valence-corrected chi connectivity index (χ0v) is 12.8. The molecule has 1 amide bonds. The molecule has 1 atom stereocenters. The largest absolute Gasteiger partial charge is 0.504 e. The van der Waals surface area contributed by atoms with Crippen molar-refractivity contribution < 1.29 is 14.6 Å². The highest BCUT2D eigenvalue weighted by molar-refractivity contribution is 5.94. The third kappa shape index (κ3) is 3.88. The van der Waals surface area contributed by atoms with Crippen molar-refractivity contribution in [3.63, 3.8) is 0 Å². The summed E-state index contributed by atoms with van der Waals surface area (Å²) in [6.45, 7) is 5.45. The number of nitrogens with one attached hydrogen (secondary N) is 1. The first-order valence-electron chi connectivity index (χ1n) is 7.52. The minimum absolute atomic E-state index is 0.00117. The molecule has 1 saturated heterocycles. The Bertz CT molecular complexity index is 484. The lowest BCUT2D eigenvalue weighted by atomic mass is 9.98. The number of carbonyl (C=O) groups excluding carboxylic acids is 1. The number of benzene rings is 1. The summed E-state index contributed by atoms with van der Waals surface area (Å²) in [7, 11) is 1.49. The maximum Gasteiger partial charge on any atom is 0.253 e. The van der Waals surface area contributed by atoms with Gasteiger partial charge in [0.15, 0.2) is 11.5 Å². The zero-order chi connectivity index (χ0) is 15.2. The number of carbonyl (C=O) groups is 1. The number of amides is 1. The molecule has 0 aromatic heterocycles. The van der Waals surface area contributed by atoms with Gasteiger partial charge >= 0.3 is 0 Å². The Morgan fingerprint density at radius 1 is 1.52 bits per heavy atom. The van der Waals surface area contributed by atoms with Gasteiger partial charge in [-0.05, 0) is 57.0 Å². The Kier molecular flexibility index (Phi) is 5.44. The number of nitrogens with zero attached hydrogens (tertiary/aromatic N) is 1. The summed E-state index contributed by atoms with van der Waals surface area (Å²) in [5, 5.41) is 13.2. The Morgan fingerprint density at radius 3 is 2.90 bits per heavy atom. The van der Waals surface area contributed by atoms with Gasteiger partial charge in [0.2, 0.25) is 0 Å². The summed E-state index contributed by atoms with van der Waals surface area (Å²) in [6, 6.07) is 4.80. The summed E-state index contributed by atoms with van der Waals surface area (Å²) in [4.78, 5) is 14.4. The third-order valence-electron chi connectivity index (χ3n) is 3.97. The highest BCUT2D eigenvalue weighted by atomic mass is 16.5. The SMILES string of the molecule is CCN(CC1CCCNC1)C(=O)c1ccc(OC)c(O)c1. The van der Waals surface area contributed by atoms with Crippen LogP contribution in [0.15, 0.2) is 18.2 Å². The van der Waals surface area contributed by atoms with Gasteiger partial charge in [-0.15, -0.1) is 0 Å². The van der Waals surface area contributed by atoms with E-state index in [1.807, 2.05) is 11.8 Å². The molecule has 0 spiro atoms. The predicted molar refractivity (Wildman–Crippen MR) is 81.8 cm³/mol. The van der Waals surface area contributed by atoms with Crippen molar-refractivity contribution in [2.75, 3.05) is 33.3 Å². The van der Waals surface area contributed by atoms with Gasteiger partial charge in [-0.25, -0.2) is 0 Å². The molecule has 1 aromatic rings. The van der Waals surface area contributed by atoms with Crippen LogP contribution in [0, 0.1) is 5.92 Å². The molecular formula is C16H24N2O3. The van der Waals surface area contributed by atoms with Crippen LogP contribution < -0.4 is 10.1 Å². The molecule has 5 nitrogen and oxygen atoms in total. The Morgan fingerprint density at radius 2 is 2.33 bits per heavy atom. The molecule has 1 aliphatic heterocycles. The molecule has 1 aromatic carbocycles. The van der Waals surface area contributed by atoms with E-state index in [0.717, 1.165) is 26.1 Å². The number of hydrogen-bond acceptors (Lipinski definition) is 4. The smallest absolute Gasteiger partial charge is 0.253 e. The first kappa shape index (κ1) is 15.6. The number of phenols is 1. The average molecular weight is 292 g/mol. The molecule has 1 fully saturated rings. The van der Waals surface area contributed by atoms with E-state index < -0.39 is 0 Å². The second-order valence-electron chi connectivity index (χ2n) is 5.44. The van der Waals surface area contributed by atoms with Gasteiger partial charge in [0.05, 0.1) is 7.11 Å². The molecule has 0 radical (unpaired) electrons. The van der Waals surface area contributed by atoms with Crippen molar-refractivity contribution in [3.05, 3.63) is 23.8 Å². The molecule has 116 valence electrons. The molecule has 21 heavy (non-hydrogen) atoms. The topological polar surface area (TPSA) is 61.8 Å². The van der Waals surface area contributed by atoms with Crippen LogP contribution in [0.5, 0.6) is 11.5 Å². The molecule has 0 bridgehead atoms. The monoisotopic (exact) mass is 292 g/mol. The number of aromatic hydroxyl groups is 1. The summed E-state index contributed by atoms with van der Waals surface area (Å²) >= 11 is 0. The van der Waals surface area contributed by atoms with Gasteiger partial charge in [0.25, 0.3) is 5.91 Å². The van der Waals surface area contributed by atoms with Crippen molar-refractivity contribution in [2.24, 2.45) is 5.92 Å². The second kappa shape index (κ2) is 7.31. The van der Waals surface area contributed by atoms with Gasteiger partial charge in [-0.1, -0.05) is 0 Å². The van der Waals surface area contributed by atoms with Crippen molar-refractivity contribution >= 4 is 5.91 Å². The fourth-order valence-electron chi connectivity index (χ4n) is 2.75. The molecule has 1 heterocycles. The van der Waals surface area contributed by atoms with Crippen LogP contribution in [0.3, 0.4) is 0 Å². The summed E-state index contributed by atoms with van der Waals surface area (Å²) in [5.74, 6) is 0.848.